The SMILES string of the molecule is CCc1cnc(C(C)Nc2ccnc(N)c2)s1. The summed E-state index contributed by atoms with van der Waals surface area (Å²) < 4.78 is 0. The Morgan fingerprint density at radius 2 is 2.29 bits per heavy atom. The highest BCUT2D eigenvalue weighted by molar-refractivity contribution is 7.11. The lowest BCUT2D eigenvalue weighted by Crippen LogP contribution is -2.06. The average Bonchev–Trinajstić information content (AvgIpc) is 2.77. The fourth-order valence-electron chi connectivity index (χ4n) is 1.54. The summed E-state index contributed by atoms with van der Waals surface area (Å²) in [5.74, 6) is 0.524. The number of nitrogen functional groups attached to an aromatic ring is 1. The molecule has 0 aliphatic carbocycles. The highest BCUT2D eigenvalue weighted by Crippen LogP contribution is 2.24. The Morgan fingerprint density at radius 1 is 1.47 bits per heavy atom. The highest BCUT2D eigenvalue weighted by Gasteiger charge is 2.09. The molecule has 0 aromatic carbocycles. The van der Waals surface area contributed by atoms with E-state index < -0.39 is 0 Å². The molecule has 0 bridgehead atoms. The van der Waals surface area contributed by atoms with Crippen LogP contribution in [0.15, 0.2) is 24.5 Å². The normalized spacial score (nSPS) is 12.4. The van der Waals surface area contributed by atoms with Crippen molar-refractivity contribution in [1.29, 1.82) is 0 Å². The molecule has 0 fully saturated rings. The van der Waals surface area contributed by atoms with Crippen LogP contribution in [-0.2, 0) is 6.42 Å². The third-order valence-corrected chi connectivity index (χ3v) is 3.78. The molecule has 0 radical (unpaired) electrons. The van der Waals surface area contributed by atoms with Gasteiger partial charge in [-0.2, -0.15) is 0 Å². The maximum absolute atomic E-state index is 5.63. The summed E-state index contributed by atoms with van der Waals surface area (Å²) >= 11 is 1.74. The number of pyridine rings is 1. The smallest absolute Gasteiger partial charge is 0.125 e. The molecule has 0 amide bonds. The minimum Gasteiger partial charge on any atom is -0.384 e. The van der Waals surface area contributed by atoms with Crippen molar-refractivity contribution in [2.45, 2.75) is 26.3 Å². The summed E-state index contributed by atoms with van der Waals surface area (Å²) in [7, 11) is 0. The molecule has 0 saturated carbocycles. The Balaban J connectivity index is 2.08. The molecule has 0 spiro atoms. The Labute approximate surface area is 105 Å². The van der Waals surface area contributed by atoms with E-state index in [0.717, 1.165) is 17.1 Å². The van der Waals surface area contributed by atoms with Gasteiger partial charge in [-0.15, -0.1) is 11.3 Å². The van der Waals surface area contributed by atoms with Gasteiger partial charge in [0.05, 0.1) is 6.04 Å². The van der Waals surface area contributed by atoms with Gasteiger partial charge >= 0.3 is 0 Å². The number of nitrogens with one attached hydrogen (secondary N) is 1. The average molecular weight is 248 g/mol. The summed E-state index contributed by atoms with van der Waals surface area (Å²) in [6.07, 6.45) is 4.68. The van der Waals surface area contributed by atoms with Crippen molar-refractivity contribution >= 4 is 22.8 Å². The van der Waals surface area contributed by atoms with Crippen LogP contribution < -0.4 is 11.1 Å². The Bertz CT molecular complexity index is 495. The minimum atomic E-state index is 0.182. The van der Waals surface area contributed by atoms with Gasteiger partial charge in [-0.05, 0) is 19.4 Å². The van der Waals surface area contributed by atoms with Gasteiger partial charge in [0.15, 0.2) is 0 Å². The molecule has 1 unspecified atom stereocenters. The summed E-state index contributed by atoms with van der Waals surface area (Å²) in [6, 6.07) is 3.91. The molecule has 90 valence electrons. The van der Waals surface area contributed by atoms with Crippen molar-refractivity contribution in [3.63, 3.8) is 0 Å². The second kappa shape index (κ2) is 5.14. The van der Waals surface area contributed by atoms with E-state index >= 15 is 0 Å². The highest BCUT2D eigenvalue weighted by atomic mass is 32.1. The number of hydrogen-bond donors (Lipinski definition) is 2. The largest absolute Gasteiger partial charge is 0.384 e. The zero-order valence-corrected chi connectivity index (χ0v) is 10.8. The van der Waals surface area contributed by atoms with Crippen LogP contribution >= 0.6 is 11.3 Å². The molecule has 0 saturated heterocycles. The van der Waals surface area contributed by atoms with E-state index in [2.05, 4.69) is 29.1 Å². The van der Waals surface area contributed by atoms with Gasteiger partial charge in [0.1, 0.15) is 10.8 Å². The monoisotopic (exact) mass is 248 g/mol. The number of rotatable bonds is 4. The lowest BCUT2D eigenvalue weighted by atomic mass is 10.3. The fourth-order valence-corrected chi connectivity index (χ4v) is 2.40. The van der Waals surface area contributed by atoms with Crippen LogP contribution in [0.4, 0.5) is 11.5 Å². The fraction of sp³-hybridized carbons (Fsp3) is 0.333. The first-order valence-electron chi connectivity index (χ1n) is 5.61. The molecule has 2 aromatic rings. The van der Waals surface area contributed by atoms with Crippen molar-refractivity contribution in [3.8, 4) is 0 Å². The van der Waals surface area contributed by atoms with Crippen molar-refractivity contribution in [3.05, 3.63) is 34.4 Å². The van der Waals surface area contributed by atoms with E-state index in [1.807, 2.05) is 18.3 Å². The number of hydrogen-bond acceptors (Lipinski definition) is 5. The molecule has 1 atom stereocenters. The summed E-state index contributed by atoms with van der Waals surface area (Å²) in [4.78, 5) is 9.68. The number of aromatic nitrogens is 2. The first-order chi connectivity index (χ1) is 8.19. The summed E-state index contributed by atoms with van der Waals surface area (Å²) in [5.41, 5.74) is 6.61. The van der Waals surface area contributed by atoms with Crippen molar-refractivity contribution in [2.24, 2.45) is 0 Å². The molecule has 3 N–H and O–H groups in total. The van der Waals surface area contributed by atoms with E-state index in [9.17, 15) is 0 Å². The van der Waals surface area contributed by atoms with Gasteiger partial charge < -0.3 is 11.1 Å². The summed E-state index contributed by atoms with van der Waals surface area (Å²) in [6.45, 7) is 4.23. The topological polar surface area (TPSA) is 63.8 Å². The zero-order chi connectivity index (χ0) is 12.3. The second-order valence-corrected chi connectivity index (χ2v) is 5.00. The van der Waals surface area contributed by atoms with Crippen LogP contribution in [-0.4, -0.2) is 9.97 Å². The molecule has 2 rings (SSSR count). The number of aryl methyl sites for hydroxylation is 1. The van der Waals surface area contributed by atoms with Crippen LogP contribution in [0.2, 0.25) is 0 Å². The summed E-state index contributed by atoms with van der Waals surface area (Å²) in [5, 5.41) is 4.46. The third kappa shape index (κ3) is 2.94. The number of anilines is 2. The van der Waals surface area contributed by atoms with E-state index in [-0.39, 0.29) is 6.04 Å². The van der Waals surface area contributed by atoms with Crippen LogP contribution in [0.25, 0.3) is 0 Å². The molecule has 17 heavy (non-hydrogen) atoms. The first kappa shape index (κ1) is 11.9. The van der Waals surface area contributed by atoms with E-state index in [1.165, 1.54) is 4.88 Å². The number of thiazole rings is 1. The molecular formula is C12H16N4S. The predicted octanol–water partition coefficient (Wildman–Crippen LogP) is 2.86. The van der Waals surface area contributed by atoms with Gasteiger partial charge in [-0.1, -0.05) is 6.92 Å². The zero-order valence-electron chi connectivity index (χ0n) is 9.97. The molecule has 0 aliphatic heterocycles. The maximum atomic E-state index is 5.63. The predicted molar refractivity (Wildman–Crippen MR) is 72.2 cm³/mol. The molecule has 2 heterocycles. The van der Waals surface area contributed by atoms with Gasteiger partial charge in [0.2, 0.25) is 0 Å². The number of nitrogens with two attached hydrogens (primary N) is 1. The van der Waals surface area contributed by atoms with Crippen LogP contribution in [0.3, 0.4) is 0 Å². The maximum Gasteiger partial charge on any atom is 0.125 e. The quantitative estimate of drug-likeness (QED) is 0.873. The van der Waals surface area contributed by atoms with E-state index in [4.69, 9.17) is 5.73 Å². The van der Waals surface area contributed by atoms with Crippen molar-refractivity contribution in [2.75, 3.05) is 11.1 Å². The molecule has 2 aromatic heterocycles. The van der Waals surface area contributed by atoms with Crippen molar-refractivity contribution in [1.82, 2.24) is 9.97 Å². The Hall–Kier alpha value is -1.62. The number of nitrogens with zero attached hydrogens (tertiary/aromatic N) is 2. The van der Waals surface area contributed by atoms with Crippen LogP contribution in [0.5, 0.6) is 0 Å². The lowest BCUT2D eigenvalue weighted by Gasteiger charge is -2.12. The third-order valence-electron chi connectivity index (χ3n) is 2.45. The Kier molecular flexibility index (Phi) is 3.58. The van der Waals surface area contributed by atoms with Gasteiger partial charge in [0.25, 0.3) is 0 Å². The lowest BCUT2D eigenvalue weighted by molar-refractivity contribution is 0.869. The van der Waals surface area contributed by atoms with E-state index in [1.54, 1.807) is 17.5 Å². The molecule has 0 aliphatic rings. The van der Waals surface area contributed by atoms with Crippen molar-refractivity contribution < 1.29 is 0 Å². The first-order valence-corrected chi connectivity index (χ1v) is 6.43. The van der Waals surface area contributed by atoms with Crippen LogP contribution in [0, 0.1) is 0 Å². The van der Waals surface area contributed by atoms with Gasteiger partial charge in [0, 0.05) is 29.0 Å². The molecular weight excluding hydrogens is 232 g/mol. The van der Waals surface area contributed by atoms with Gasteiger partial charge in [-0.25, -0.2) is 9.97 Å². The van der Waals surface area contributed by atoms with Crippen LogP contribution in [0.1, 0.15) is 29.8 Å². The second-order valence-electron chi connectivity index (χ2n) is 3.85. The molecule has 5 heteroatoms. The Morgan fingerprint density at radius 3 is 2.94 bits per heavy atom. The van der Waals surface area contributed by atoms with Gasteiger partial charge in [-0.3, -0.25) is 0 Å². The molecule has 4 nitrogen and oxygen atoms in total. The standard InChI is InChI=1S/C12H16N4S/c1-3-10-7-15-12(17-10)8(2)16-9-4-5-14-11(13)6-9/h4-8H,3H2,1-2H3,(H3,13,14,16). The minimum absolute atomic E-state index is 0.182. The van der Waals surface area contributed by atoms with E-state index in [0.29, 0.717) is 5.82 Å².